The van der Waals surface area contributed by atoms with Crippen LogP contribution < -0.4 is 0 Å². The number of pyridine rings is 1. The number of hydrogen-bond acceptors (Lipinski definition) is 3. The largest absolute Gasteiger partial charge is 0.512 e. The smallest absolute Gasteiger partial charge is 0.155 e. The third kappa shape index (κ3) is 4.75. The Bertz CT molecular complexity index is 1660. The Morgan fingerprint density at radius 2 is 1.54 bits per heavy atom. The molecule has 0 unspecified atom stereocenters. The number of benzene rings is 4. The number of aliphatic hydroxyl groups excluding tert-OH is 1. The first-order valence-electron chi connectivity index (χ1n) is 12.1. The fraction of sp³-hybridized carbons (Fsp3) is 0.152. The Hall–Kier alpha value is -3.59. The fourth-order valence-electron chi connectivity index (χ4n) is 5.31. The molecule has 5 aromatic rings. The molecular formula is C33H28IrNO2-. The van der Waals surface area contributed by atoms with Gasteiger partial charge in [-0.05, 0) is 47.9 Å². The molecule has 1 aliphatic carbocycles. The predicted octanol–water partition coefficient (Wildman–Crippen LogP) is 8.20. The first-order valence-corrected chi connectivity index (χ1v) is 12.1. The average Bonchev–Trinajstić information content (AvgIpc) is 3.10. The monoisotopic (exact) mass is 663 g/mol. The van der Waals surface area contributed by atoms with Crippen molar-refractivity contribution >= 4 is 27.5 Å². The summed E-state index contributed by atoms with van der Waals surface area (Å²) in [6, 6.07) is 33.5. The molecule has 0 amide bonds. The van der Waals surface area contributed by atoms with Crippen molar-refractivity contribution in [1.82, 2.24) is 4.98 Å². The van der Waals surface area contributed by atoms with Crippen molar-refractivity contribution in [3.63, 3.8) is 0 Å². The molecule has 1 N–H and O–H groups in total. The van der Waals surface area contributed by atoms with Crippen molar-refractivity contribution in [3.8, 4) is 22.4 Å². The van der Waals surface area contributed by atoms with E-state index in [1.165, 1.54) is 58.3 Å². The van der Waals surface area contributed by atoms with E-state index >= 15 is 0 Å². The van der Waals surface area contributed by atoms with E-state index in [9.17, 15) is 4.79 Å². The number of carbonyl (C=O) groups is 1. The summed E-state index contributed by atoms with van der Waals surface area (Å²) >= 11 is 0. The predicted molar refractivity (Wildman–Crippen MR) is 148 cm³/mol. The molecule has 1 aromatic heterocycles. The molecule has 0 saturated carbocycles. The van der Waals surface area contributed by atoms with Crippen molar-refractivity contribution in [1.29, 1.82) is 0 Å². The second-order valence-corrected chi connectivity index (χ2v) is 9.73. The van der Waals surface area contributed by atoms with E-state index < -0.39 is 0 Å². The number of para-hydroxylation sites is 1. The van der Waals surface area contributed by atoms with E-state index in [4.69, 9.17) is 10.1 Å². The van der Waals surface area contributed by atoms with Gasteiger partial charge in [-0.1, -0.05) is 86.0 Å². The summed E-state index contributed by atoms with van der Waals surface area (Å²) in [6.07, 6.45) is 1.17. The SMILES string of the molecule is CC(=O)/C=C(/C)O.CC1(C)c2ccccc2-c2c1c(-c1[c-]ccc3ccccc13)nc1ccccc21.[Ir]. The van der Waals surface area contributed by atoms with Gasteiger partial charge >= 0.3 is 0 Å². The minimum atomic E-state index is -0.125. The van der Waals surface area contributed by atoms with Crippen molar-refractivity contribution in [2.75, 3.05) is 0 Å². The minimum Gasteiger partial charge on any atom is -0.512 e. The summed E-state index contributed by atoms with van der Waals surface area (Å²) in [6.45, 7) is 7.49. The van der Waals surface area contributed by atoms with Crippen LogP contribution in [-0.2, 0) is 30.3 Å². The third-order valence-corrected chi connectivity index (χ3v) is 6.76. The van der Waals surface area contributed by atoms with Crippen LogP contribution in [0.25, 0.3) is 44.1 Å². The van der Waals surface area contributed by atoms with Gasteiger partial charge in [0.25, 0.3) is 0 Å². The summed E-state index contributed by atoms with van der Waals surface area (Å²) in [5, 5.41) is 12.0. The van der Waals surface area contributed by atoms with Gasteiger partial charge in [-0.2, -0.15) is 0 Å². The Morgan fingerprint density at radius 3 is 2.24 bits per heavy atom. The number of hydrogen-bond donors (Lipinski definition) is 1. The van der Waals surface area contributed by atoms with Crippen LogP contribution in [-0.4, -0.2) is 15.9 Å². The zero-order valence-electron chi connectivity index (χ0n) is 21.3. The second-order valence-electron chi connectivity index (χ2n) is 9.73. The molecule has 0 bridgehead atoms. The Balaban J connectivity index is 0.000000356. The van der Waals surface area contributed by atoms with E-state index in [0.717, 1.165) is 16.8 Å². The van der Waals surface area contributed by atoms with Gasteiger partial charge in [0, 0.05) is 37.0 Å². The average molecular weight is 663 g/mol. The molecule has 187 valence electrons. The molecule has 3 nitrogen and oxygen atoms in total. The van der Waals surface area contributed by atoms with Crippen LogP contribution in [0.4, 0.5) is 0 Å². The van der Waals surface area contributed by atoms with Crippen molar-refractivity contribution < 1.29 is 30.0 Å². The van der Waals surface area contributed by atoms with Gasteiger partial charge in [0.15, 0.2) is 5.78 Å². The molecule has 4 aromatic carbocycles. The van der Waals surface area contributed by atoms with E-state index in [1.807, 2.05) is 6.07 Å². The number of fused-ring (bicyclic) bond motifs is 6. The molecule has 1 radical (unpaired) electrons. The van der Waals surface area contributed by atoms with Crippen molar-refractivity contribution in [3.05, 3.63) is 114 Å². The molecule has 0 atom stereocenters. The maximum Gasteiger partial charge on any atom is 0.155 e. The van der Waals surface area contributed by atoms with Gasteiger partial charge in [0.05, 0.1) is 11.3 Å². The number of nitrogens with zero attached hydrogens (tertiary/aromatic N) is 1. The molecular weight excluding hydrogens is 635 g/mol. The number of rotatable bonds is 2. The first kappa shape index (κ1) is 26.5. The minimum absolute atomic E-state index is 0. The van der Waals surface area contributed by atoms with Crippen molar-refractivity contribution in [2.24, 2.45) is 0 Å². The quantitative estimate of drug-likeness (QED) is 0.118. The maximum absolute atomic E-state index is 10.0. The molecule has 0 saturated heterocycles. The number of aliphatic hydroxyl groups is 1. The van der Waals surface area contributed by atoms with Gasteiger partial charge in [-0.25, -0.2) is 0 Å². The molecule has 37 heavy (non-hydrogen) atoms. The van der Waals surface area contributed by atoms with E-state index in [-0.39, 0.29) is 37.1 Å². The number of ketones is 1. The van der Waals surface area contributed by atoms with Crippen LogP contribution in [0.15, 0.2) is 96.8 Å². The van der Waals surface area contributed by atoms with Gasteiger partial charge in [0.1, 0.15) is 0 Å². The number of aromatic nitrogens is 1. The van der Waals surface area contributed by atoms with E-state index in [0.29, 0.717) is 0 Å². The summed E-state index contributed by atoms with van der Waals surface area (Å²) in [5.41, 5.74) is 8.39. The van der Waals surface area contributed by atoms with Gasteiger partial charge in [-0.3, -0.25) is 9.78 Å². The number of carbonyl (C=O) groups excluding carboxylic acids is 1. The van der Waals surface area contributed by atoms with Crippen LogP contribution in [0.2, 0.25) is 0 Å². The Morgan fingerprint density at radius 1 is 0.892 bits per heavy atom. The molecule has 0 fully saturated rings. The molecule has 1 heterocycles. The summed E-state index contributed by atoms with van der Waals surface area (Å²) in [7, 11) is 0. The fourth-order valence-corrected chi connectivity index (χ4v) is 5.31. The van der Waals surface area contributed by atoms with Gasteiger partial charge in [0.2, 0.25) is 0 Å². The topological polar surface area (TPSA) is 50.2 Å². The van der Waals surface area contributed by atoms with Crippen LogP contribution in [0.3, 0.4) is 0 Å². The normalized spacial score (nSPS) is 13.2. The molecule has 1 aliphatic rings. The summed E-state index contributed by atoms with van der Waals surface area (Å²) in [5.74, 6) is -0.0625. The number of allylic oxidation sites excluding steroid dienone is 2. The standard InChI is InChI=1S/C28H20N.C5H8O2.Ir/c1-28(2)23-16-7-5-13-21(23)25-22-14-6-8-17-24(22)29-27(26(25)28)20-15-9-11-18-10-3-4-12-19(18)20;1-4(6)3-5(2)7;/h3-14,16-17H,1-2H3;3,6H,1-2H3;/q-1;;/b;4-3-;. The van der Waals surface area contributed by atoms with E-state index in [1.54, 1.807) is 0 Å². The zero-order valence-corrected chi connectivity index (χ0v) is 23.7. The van der Waals surface area contributed by atoms with Crippen LogP contribution in [0, 0.1) is 6.07 Å². The molecule has 0 spiro atoms. The molecule has 6 rings (SSSR count). The summed E-state index contributed by atoms with van der Waals surface area (Å²) in [4.78, 5) is 15.2. The Kier molecular flexibility index (Phi) is 7.45. The summed E-state index contributed by atoms with van der Waals surface area (Å²) < 4.78 is 0. The third-order valence-electron chi connectivity index (χ3n) is 6.76. The Labute approximate surface area is 231 Å². The van der Waals surface area contributed by atoms with E-state index in [2.05, 4.69) is 98.8 Å². The van der Waals surface area contributed by atoms with Crippen LogP contribution in [0.5, 0.6) is 0 Å². The molecule has 4 heteroatoms. The van der Waals surface area contributed by atoms with Crippen molar-refractivity contribution in [2.45, 2.75) is 33.1 Å². The van der Waals surface area contributed by atoms with Gasteiger partial charge in [-0.15, -0.1) is 29.1 Å². The zero-order chi connectivity index (χ0) is 25.4. The van der Waals surface area contributed by atoms with Crippen LogP contribution >= 0.6 is 0 Å². The maximum atomic E-state index is 10.0. The molecule has 0 aliphatic heterocycles. The van der Waals surface area contributed by atoms with Crippen LogP contribution in [0.1, 0.15) is 38.8 Å². The second kappa shape index (κ2) is 10.4. The van der Waals surface area contributed by atoms with Gasteiger partial charge < -0.3 is 5.11 Å². The first-order chi connectivity index (χ1) is 17.3.